The number of nitrogens with zero attached hydrogens (tertiary/aromatic N) is 3. The highest BCUT2D eigenvalue weighted by molar-refractivity contribution is 7.88. The summed E-state index contributed by atoms with van der Waals surface area (Å²) in [5.41, 5.74) is 0.386. The van der Waals surface area contributed by atoms with E-state index in [4.69, 9.17) is 4.99 Å². The highest BCUT2D eigenvalue weighted by Crippen LogP contribution is 2.33. The van der Waals surface area contributed by atoms with Crippen molar-refractivity contribution in [2.24, 2.45) is 16.3 Å². The molecule has 0 aromatic rings. The van der Waals surface area contributed by atoms with Gasteiger partial charge in [-0.1, -0.05) is 13.8 Å². The van der Waals surface area contributed by atoms with Crippen LogP contribution < -0.4 is 5.32 Å². The molecule has 1 N–H and O–H groups in total. The minimum absolute atomic E-state index is 0.332. The van der Waals surface area contributed by atoms with Crippen LogP contribution in [0.3, 0.4) is 0 Å². The molecule has 2 fully saturated rings. The lowest BCUT2D eigenvalue weighted by molar-refractivity contribution is 0.321. The maximum absolute atomic E-state index is 11.6. The molecule has 2 rings (SSSR count). The van der Waals surface area contributed by atoms with Crippen molar-refractivity contribution < 1.29 is 8.42 Å². The molecule has 23 heavy (non-hydrogen) atoms. The van der Waals surface area contributed by atoms with Crippen LogP contribution in [0, 0.1) is 11.3 Å². The second-order valence-electron chi connectivity index (χ2n) is 7.31. The first-order valence-electron chi connectivity index (χ1n) is 8.76. The molecular formula is C16H32N4O2S. The Bertz CT molecular complexity index is 534. The van der Waals surface area contributed by atoms with E-state index in [9.17, 15) is 8.42 Å². The van der Waals surface area contributed by atoms with E-state index in [0.717, 1.165) is 32.0 Å². The Kier molecular flexibility index (Phi) is 5.94. The van der Waals surface area contributed by atoms with Crippen molar-refractivity contribution in [1.82, 2.24) is 14.5 Å². The van der Waals surface area contributed by atoms with Gasteiger partial charge in [0, 0.05) is 39.3 Å². The summed E-state index contributed by atoms with van der Waals surface area (Å²) in [6.45, 7) is 11.6. The molecular weight excluding hydrogens is 312 g/mol. The molecule has 2 heterocycles. The Morgan fingerprint density at radius 3 is 2.61 bits per heavy atom. The Labute approximate surface area is 141 Å². The SMILES string of the molecule is CCNC(=NCC1CCN(S(C)(=O)=O)C1)N1CCC(C)(CC)C1. The molecule has 0 aromatic carbocycles. The summed E-state index contributed by atoms with van der Waals surface area (Å²) in [6.07, 6.45) is 4.59. The van der Waals surface area contributed by atoms with E-state index >= 15 is 0 Å². The molecule has 2 aliphatic heterocycles. The third kappa shape index (κ3) is 4.83. The molecule has 0 spiro atoms. The van der Waals surface area contributed by atoms with Gasteiger partial charge >= 0.3 is 0 Å². The first-order chi connectivity index (χ1) is 10.8. The molecule has 2 atom stereocenters. The van der Waals surface area contributed by atoms with Crippen LogP contribution in [0.25, 0.3) is 0 Å². The van der Waals surface area contributed by atoms with E-state index in [-0.39, 0.29) is 0 Å². The number of nitrogens with one attached hydrogen (secondary N) is 1. The first-order valence-corrected chi connectivity index (χ1v) is 10.6. The van der Waals surface area contributed by atoms with Gasteiger partial charge in [-0.15, -0.1) is 0 Å². The minimum Gasteiger partial charge on any atom is -0.357 e. The smallest absolute Gasteiger partial charge is 0.211 e. The number of rotatable bonds is 5. The molecule has 0 amide bonds. The maximum atomic E-state index is 11.6. The third-order valence-corrected chi connectivity index (χ3v) is 6.53. The second kappa shape index (κ2) is 7.38. The normalized spacial score (nSPS) is 30.2. The van der Waals surface area contributed by atoms with Crippen LogP contribution in [0.1, 0.15) is 40.0 Å². The molecule has 0 bridgehead atoms. The van der Waals surface area contributed by atoms with Crippen molar-refractivity contribution in [3.8, 4) is 0 Å². The van der Waals surface area contributed by atoms with Gasteiger partial charge in [0.25, 0.3) is 0 Å². The van der Waals surface area contributed by atoms with E-state index in [1.807, 2.05) is 0 Å². The van der Waals surface area contributed by atoms with Crippen LogP contribution in [0.2, 0.25) is 0 Å². The number of aliphatic imine (C=N–C) groups is 1. The van der Waals surface area contributed by atoms with Crippen LogP contribution in [-0.2, 0) is 10.0 Å². The van der Waals surface area contributed by atoms with Crippen LogP contribution in [-0.4, -0.2) is 69.1 Å². The van der Waals surface area contributed by atoms with Gasteiger partial charge in [0.1, 0.15) is 0 Å². The van der Waals surface area contributed by atoms with Gasteiger partial charge in [-0.3, -0.25) is 4.99 Å². The summed E-state index contributed by atoms with van der Waals surface area (Å²) >= 11 is 0. The van der Waals surface area contributed by atoms with E-state index in [2.05, 4.69) is 31.0 Å². The third-order valence-electron chi connectivity index (χ3n) is 5.26. The lowest BCUT2D eigenvalue weighted by Crippen LogP contribution is -2.41. The molecule has 0 aliphatic carbocycles. The zero-order valence-electron chi connectivity index (χ0n) is 15.0. The van der Waals surface area contributed by atoms with Gasteiger partial charge < -0.3 is 10.2 Å². The molecule has 134 valence electrons. The van der Waals surface area contributed by atoms with Crippen molar-refractivity contribution in [2.75, 3.05) is 45.5 Å². The van der Waals surface area contributed by atoms with Gasteiger partial charge in [0.15, 0.2) is 5.96 Å². The van der Waals surface area contributed by atoms with E-state index in [0.29, 0.717) is 31.0 Å². The summed E-state index contributed by atoms with van der Waals surface area (Å²) in [4.78, 5) is 7.16. The number of hydrogen-bond donors (Lipinski definition) is 1. The summed E-state index contributed by atoms with van der Waals surface area (Å²) in [7, 11) is -3.06. The molecule has 2 saturated heterocycles. The lowest BCUT2D eigenvalue weighted by Gasteiger charge is -2.25. The quantitative estimate of drug-likeness (QED) is 0.604. The monoisotopic (exact) mass is 344 g/mol. The summed E-state index contributed by atoms with van der Waals surface area (Å²) in [5, 5.41) is 3.40. The number of likely N-dealkylation sites (tertiary alicyclic amines) is 1. The molecule has 0 aromatic heterocycles. The maximum Gasteiger partial charge on any atom is 0.211 e. The van der Waals surface area contributed by atoms with Crippen molar-refractivity contribution in [1.29, 1.82) is 0 Å². The zero-order chi connectivity index (χ0) is 17.1. The first kappa shape index (κ1) is 18.5. The fourth-order valence-electron chi connectivity index (χ4n) is 3.38. The van der Waals surface area contributed by atoms with Crippen molar-refractivity contribution in [3.63, 3.8) is 0 Å². The van der Waals surface area contributed by atoms with Crippen molar-refractivity contribution in [3.05, 3.63) is 0 Å². The Hall–Kier alpha value is -0.820. The molecule has 2 unspecified atom stereocenters. The number of guanidine groups is 1. The fourth-order valence-corrected chi connectivity index (χ4v) is 4.30. The van der Waals surface area contributed by atoms with Gasteiger partial charge in [-0.25, -0.2) is 12.7 Å². The summed E-state index contributed by atoms with van der Waals surface area (Å²) in [5.74, 6) is 1.32. The highest BCUT2D eigenvalue weighted by atomic mass is 32.2. The van der Waals surface area contributed by atoms with Gasteiger partial charge in [-0.05, 0) is 37.5 Å². The standard InChI is InChI=1S/C16H32N4O2S/c1-5-16(3)8-10-19(13-16)15(17-6-2)18-11-14-7-9-20(12-14)23(4,21)22/h14H,5-13H2,1-4H3,(H,17,18). The van der Waals surface area contributed by atoms with Gasteiger partial charge in [0.05, 0.1) is 6.26 Å². The van der Waals surface area contributed by atoms with Crippen molar-refractivity contribution in [2.45, 2.75) is 40.0 Å². The Morgan fingerprint density at radius 1 is 1.35 bits per heavy atom. The zero-order valence-corrected chi connectivity index (χ0v) is 15.8. The second-order valence-corrected chi connectivity index (χ2v) is 9.29. The van der Waals surface area contributed by atoms with E-state index < -0.39 is 10.0 Å². The molecule has 0 radical (unpaired) electrons. The van der Waals surface area contributed by atoms with Crippen LogP contribution in [0.15, 0.2) is 4.99 Å². The fraction of sp³-hybridized carbons (Fsp3) is 0.938. The average Bonchev–Trinajstić information content (AvgIpc) is 3.10. The van der Waals surface area contributed by atoms with E-state index in [1.165, 1.54) is 19.1 Å². The Balaban J connectivity index is 1.95. The number of sulfonamides is 1. The van der Waals surface area contributed by atoms with Gasteiger partial charge in [-0.2, -0.15) is 0 Å². The van der Waals surface area contributed by atoms with E-state index in [1.54, 1.807) is 4.31 Å². The van der Waals surface area contributed by atoms with Crippen LogP contribution >= 0.6 is 0 Å². The topological polar surface area (TPSA) is 65.0 Å². The van der Waals surface area contributed by atoms with Crippen LogP contribution in [0.5, 0.6) is 0 Å². The van der Waals surface area contributed by atoms with Crippen LogP contribution in [0.4, 0.5) is 0 Å². The van der Waals surface area contributed by atoms with Crippen molar-refractivity contribution >= 4 is 16.0 Å². The number of hydrogen-bond acceptors (Lipinski definition) is 3. The predicted molar refractivity (Wildman–Crippen MR) is 95.1 cm³/mol. The lowest BCUT2D eigenvalue weighted by atomic mass is 9.87. The average molecular weight is 345 g/mol. The highest BCUT2D eigenvalue weighted by Gasteiger charge is 2.34. The largest absolute Gasteiger partial charge is 0.357 e. The summed E-state index contributed by atoms with van der Waals surface area (Å²) in [6, 6.07) is 0. The molecule has 2 aliphatic rings. The molecule has 0 saturated carbocycles. The molecule has 7 heteroatoms. The minimum atomic E-state index is -3.06. The summed E-state index contributed by atoms with van der Waals surface area (Å²) < 4.78 is 24.8. The van der Waals surface area contributed by atoms with Gasteiger partial charge in [0.2, 0.25) is 10.0 Å². The molecule has 6 nitrogen and oxygen atoms in total. The predicted octanol–water partition coefficient (Wildman–Crippen LogP) is 1.36. The Morgan fingerprint density at radius 2 is 2.09 bits per heavy atom.